The summed E-state index contributed by atoms with van der Waals surface area (Å²) in [7, 11) is 0. The maximum atomic E-state index is 11.3. The van der Waals surface area contributed by atoms with Gasteiger partial charge in [-0.15, -0.1) is 0 Å². The van der Waals surface area contributed by atoms with Gasteiger partial charge in [0.2, 0.25) is 5.91 Å². The van der Waals surface area contributed by atoms with Crippen LogP contribution in [0.3, 0.4) is 0 Å². The summed E-state index contributed by atoms with van der Waals surface area (Å²) < 4.78 is 0. The van der Waals surface area contributed by atoms with Crippen LogP contribution < -0.4 is 4.90 Å². The second-order valence-electron chi connectivity index (χ2n) is 4.71. The molecule has 4 heteroatoms. The lowest BCUT2D eigenvalue weighted by atomic mass is 10.1. The topological polar surface area (TPSA) is 39.3 Å². The molecule has 1 fully saturated rings. The van der Waals surface area contributed by atoms with Crippen molar-refractivity contribution in [1.82, 2.24) is 9.88 Å². The minimum Gasteiger partial charge on any atom is -0.367 e. The van der Waals surface area contributed by atoms with E-state index in [0.29, 0.717) is 0 Å². The van der Waals surface area contributed by atoms with Gasteiger partial charge in [0.1, 0.15) is 0 Å². The third kappa shape index (κ3) is 1.83. The van der Waals surface area contributed by atoms with Crippen LogP contribution in [0, 0.1) is 0 Å². The third-order valence-electron chi connectivity index (χ3n) is 3.64. The molecule has 1 aliphatic heterocycles. The van der Waals surface area contributed by atoms with Gasteiger partial charge in [0.25, 0.3) is 0 Å². The van der Waals surface area contributed by atoms with Gasteiger partial charge in [-0.2, -0.15) is 0 Å². The van der Waals surface area contributed by atoms with E-state index in [1.807, 2.05) is 11.1 Å². The van der Waals surface area contributed by atoms with Gasteiger partial charge < -0.3 is 14.8 Å². The zero-order valence-electron chi connectivity index (χ0n) is 10.5. The molecule has 0 bridgehead atoms. The molecule has 1 aromatic heterocycles. The molecule has 0 saturated carbocycles. The van der Waals surface area contributed by atoms with Gasteiger partial charge in [-0.05, 0) is 18.2 Å². The van der Waals surface area contributed by atoms with Crippen molar-refractivity contribution in [3.63, 3.8) is 0 Å². The molecule has 3 rings (SSSR count). The standard InChI is InChI=1S/C14H17N3O/c1-11(18)16-7-9-17(10-8-16)14-4-2-3-13-12(14)5-6-15-13/h2-6,15H,7-10H2,1H3. The molecule has 1 aromatic carbocycles. The van der Waals surface area contributed by atoms with Crippen molar-refractivity contribution in [3.8, 4) is 0 Å². The number of aromatic nitrogens is 1. The summed E-state index contributed by atoms with van der Waals surface area (Å²) in [4.78, 5) is 18.8. The summed E-state index contributed by atoms with van der Waals surface area (Å²) in [5.74, 6) is 0.175. The van der Waals surface area contributed by atoms with Crippen LogP contribution in [-0.2, 0) is 4.79 Å². The molecule has 0 atom stereocenters. The van der Waals surface area contributed by atoms with Crippen molar-refractivity contribution in [2.75, 3.05) is 31.1 Å². The van der Waals surface area contributed by atoms with Crippen LogP contribution in [0.2, 0.25) is 0 Å². The van der Waals surface area contributed by atoms with E-state index in [0.717, 1.165) is 26.2 Å². The minimum absolute atomic E-state index is 0.175. The Morgan fingerprint density at radius 3 is 2.67 bits per heavy atom. The molecule has 1 aliphatic rings. The molecule has 0 unspecified atom stereocenters. The summed E-state index contributed by atoms with van der Waals surface area (Å²) in [5, 5.41) is 1.26. The number of piperazine rings is 1. The average Bonchev–Trinajstić information content (AvgIpc) is 2.87. The van der Waals surface area contributed by atoms with E-state index in [4.69, 9.17) is 0 Å². The van der Waals surface area contributed by atoms with Crippen LogP contribution in [0.1, 0.15) is 6.92 Å². The lowest BCUT2D eigenvalue weighted by Crippen LogP contribution is -2.48. The summed E-state index contributed by atoms with van der Waals surface area (Å²) in [5.41, 5.74) is 2.43. The first-order valence-corrected chi connectivity index (χ1v) is 6.32. The molecule has 94 valence electrons. The zero-order valence-corrected chi connectivity index (χ0v) is 10.5. The third-order valence-corrected chi connectivity index (χ3v) is 3.64. The van der Waals surface area contributed by atoms with Crippen molar-refractivity contribution in [2.45, 2.75) is 6.92 Å². The Bertz CT molecular complexity index is 567. The highest BCUT2D eigenvalue weighted by atomic mass is 16.2. The first-order chi connectivity index (χ1) is 8.75. The van der Waals surface area contributed by atoms with E-state index in [9.17, 15) is 4.79 Å². The monoisotopic (exact) mass is 243 g/mol. The molecule has 0 aliphatic carbocycles. The number of rotatable bonds is 1. The maximum absolute atomic E-state index is 11.3. The summed E-state index contributed by atoms with van der Waals surface area (Å²) in [6.45, 7) is 5.09. The van der Waals surface area contributed by atoms with Gasteiger partial charge in [0.05, 0.1) is 0 Å². The highest BCUT2D eigenvalue weighted by molar-refractivity contribution is 5.92. The number of hydrogen-bond acceptors (Lipinski definition) is 2. The second-order valence-corrected chi connectivity index (χ2v) is 4.71. The normalized spacial score (nSPS) is 16.3. The van der Waals surface area contributed by atoms with Crippen molar-refractivity contribution >= 4 is 22.5 Å². The van der Waals surface area contributed by atoms with Crippen LogP contribution in [-0.4, -0.2) is 42.0 Å². The molecule has 1 saturated heterocycles. The van der Waals surface area contributed by atoms with Gasteiger partial charge >= 0.3 is 0 Å². The Hall–Kier alpha value is -1.97. The molecule has 4 nitrogen and oxygen atoms in total. The molecule has 2 heterocycles. The molecular weight excluding hydrogens is 226 g/mol. The fourth-order valence-electron chi connectivity index (χ4n) is 2.61. The number of carbonyl (C=O) groups is 1. The van der Waals surface area contributed by atoms with Crippen molar-refractivity contribution in [2.24, 2.45) is 0 Å². The van der Waals surface area contributed by atoms with E-state index < -0.39 is 0 Å². The zero-order chi connectivity index (χ0) is 12.5. The fraction of sp³-hybridized carbons (Fsp3) is 0.357. The molecular formula is C14H17N3O. The summed E-state index contributed by atoms with van der Waals surface area (Å²) in [6, 6.07) is 8.43. The molecule has 1 amide bonds. The number of carbonyl (C=O) groups excluding carboxylic acids is 1. The number of aromatic amines is 1. The van der Waals surface area contributed by atoms with Gasteiger partial charge in [-0.25, -0.2) is 0 Å². The van der Waals surface area contributed by atoms with Gasteiger partial charge in [-0.3, -0.25) is 4.79 Å². The van der Waals surface area contributed by atoms with Gasteiger partial charge in [0.15, 0.2) is 0 Å². The van der Waals surface area contributed by atoms with Crippen LogP contribution in [0.4, 0.5) is 5.69 Å². The molecule has 18 heavy (non-hydrogen) atoms. The van der Waals surface area contributed by atoms with Crippen LogP contribution in [0.5, 0.6) is 0 Å². The Morgan fingerprint density at radius 1 is 1.17 bits per heavy atom. The molecule has 0 radical (unpaired) electrons. The van der Waals surface area contributed by atoms with E-state index in [1.165, 1.54) is 16.6 Å². The summed E-state index contributed by atoms with van der Waals surface area (Å²) >= 11 is 0. The van der Waals surface area contributed by atoms with Crippen molar-refractivity contribution < 1.29 is 4.79 Å². The number of benzene rings is 1. The SMILES string of the molecule is CC(=O)N1CCN(c2cccc3[nH]ccc23)CC1. The Kier molecular flexibility index (Phi) is 2.70. The number of hydrogen-bond donors (Lipinski definition) is 1. The first kappa shape index (κ1) is 11.1. The highest BCUT2D eigenvalue weighted by Crippen LogP contribution is 2.26. The largest absolute Gasteiger partial charge is 0.367 e. The number of anilines is 1. The van der Waals surface area contributed by atoms with E-state index in [2.05, 4.69) is 34.1 Å². The lowest BCUT2D eigenvalue weighted by molar-refractivity contribution is -0.129. The van der Waals surface area contributed by atoms with E-state index in [-0.39, 0.29) is 5.91 Å². The number of H-pyrrole nitrogens is 1. The fourth-order valence-corrected chi connectivity index (χ4v) is 2.61. The van der Waals surface area contributed by atoms with Crippen LogP contribution >= 0.6 is 0 Å². The highest BCUT2D eigenvalue weighted by Gasteiger charge is 2.19. The van der Waals surface area contributed by atoms with Crippen LogP contribution in [0.15, 0.2) is 30.5 Å². The van der Waals surface area contributed by atoms with E-state index in [1.54, 1.807) is 6.92 Å². The Balaban J connectivity index is 1.84. The molecule has 0 spiro atoms. The number of nitrogens with zero attached hydrogens (tertiary/aromatic N) is 2. The number of amides is 1. The quantitative estimate of drug-likeness (QED) is 0.830. The average molecular weight is 243 g/mol. The predicted octanol–water partition coefficient (Wildman–Crippen LogP) is 1.84. The summed E-state index contributed by atoms with van der Waals surface area (Å²) in [6.07, 6.45) is 1.97. The maximum Gasteiger partial charge on any atom is 0.219 e. The molecule has 1 N–H and O–H groups in total. The molecule has 2 aromatic rings. The first-order valence-electron chi connectivity index (χ1n) is 6.32. The minimum atomic E-state index is 0.175. The number of fused-ring (bicyclic) bond motifs is 1. The van der Waals surface area contributed by atoms with Gasteiger partial charge in [-0.1, -0.05) is 6.07 Å². The van der Waals surface area contributed by atoms with Crippen molar-refractivity contribution in [1.29, 1.82) is 0 Å². The van der Waals surface area contributed by atoms with Crippen LogP contribution in [0.25, 0.3) is 10.9 Å². The number of nitrogens with one attached hydrogen (secondary N) is 1. The van der Waals surface area contributed by atoms with Crippen molar-refractivity contribution in [3.05, 3.63) is 30.5 Å². The van der Waals surface area contributed by atoms with E-state index >= 15 is 0 Å². The Labute approximate surface area is 106 Å². The predicted molar refractivity (Wildman–Crippen MR) is 72.8 cm³/mol. The second kappa shape index (κ2) is 4.37. The lowest BCUT2D eigenvalue weighted by Gasteiger charge is -2.36. The smallest absolute Gasteiger partial charge is 0.219 e. The van der Waals surface area contributed by atoms with Gasteiger partial charge in [0, 0.05) is 55.9 Å². The Morgan fingerprint density at radius 2 is 1.94 bits per heavy atom.